The fraction of sp³-hybridized carbons (Fsp3) is 0.900. The molecular weight excluding hydrogens is 220 g/mol. The second-order valence-corrected chi connectivity index (χ2v) is 3.89. The van der Waals surface area contributed by atoms with Crippen LogP contribution in [0.25, 0.3) is 0 Å². The molecule has 1 aliphatic rings. The third-order valence-electron chi connectivity index (χ3n) is 2.84. The van der Waals surface area contributed by atoms with E-state index in [1.54, 1.807) is 7.05 Å². The Hall–Kier alpha value is -0.750. The molecule has 0 aromatic heterocycles. The highest BCUT2D eigenvalue weighted by Crippen LogP contribution is 2.40. The molecule has 0 spiro atoms. The molecular formula is C10H17F2NO3. The first kappa shape index (κ1) is 13.3. The largest absolute Gasteiger partial charge is 0.468 e. The van der Waals surface area contributed by atoms with Crippen LogP contribution in [0.3, 0.4) is 0 Å². The number of hydrogen-bond acceptors (Lipinski definition) is 4. The average Bonchev–Trinajstić information content (AvgIpc) is 3.07. The normalized spacial score (nSPS) is 19.6. The molecule has 94 valence electrons. The molecule has 0 heterocycles. The fourth-order valence-electron chi connectivity index (χ4n) is 1.79. The van der Waals surface area contributed by atoms with Gasteiger partial charge in [-0.15, -0.1) is 0 Å². The molecule has 0 aliphatic heterocycles. The van der Waals surface area contributed by atoms with Gasteiger partial charge in [-0.1, -0.05) is 0 Å². The van der Waals surface area contributed by atoms with Gasteiger partial charge in [-0.25, -0.2) is 13.6 Å². The van der Waals surface area contributed by atoms with Gasteiger partial charge in [-0.05, 0) is 25.8 Å². The van der Waals surface area contributed by atoms with E-state index < -0.39 is 24.5 Å². The minimum Gasteiger partial charge on any atom is -0.468 e. The molecule has 1 aliphatic carbocycles. The lowest BCUT2D eigenvalue weighted by Crippen LogP contribution is -2.56. The van der Waals surface area contributed by atoms with Crippen molar-refractivity contribution < 1.29 is 23.0 Å². The van der Waals surface area contributed by atoms with Gasteiger partial charge in [0, 0.05) is 0 Å². The lowest BCUT2D eigenvalue weighted by atomic mass is 9.94. The lowest BCUT2D eigenvalue weighted by molar-refractivity contribution is -0.153. The molecule has 1 rings (SSSR count). The molecule has 0 aromatic rings. The first-order valence-electron chi connectivity index (χ1n) is 5.20. The molecule has 0 radical (unpaired) electrons. The van der Waals surface area contributed by atoms with E-state index in [1.165, 1.54) is 7.11 Å². The van der Waals surface area contributed by atoms with E-state index in [-0.39, 0.29) is 12.5 Å². The highest BCUT2D eigenvalue weighted by Gasteiger charge is 2.51. The van der Waals surface area contributed by atoms with Crippen molar-refractivity contribution in [3.63, 3.8) is 0 Å². The standard InChI is InChI=1S/C10H17F2NO3/c1-13-10(7-3-4-7,9(14)15-2)6-16-5-8(11)12/h7-8,13H,3-6H2,1-2H3. The maximum atomic E-state index is 12.0. The monoisotopic (exact) mass is 237 g/mol. The third-order valence-corrected chi connectivity index (χ3v) is 2.84. The fourth-order valence-corrected chi connectivity index (χ4v) is 1.79. The summed E-state index contributed by atoms with van der Waals surface area (Å²) in [4.78, 5) is 11.7. The number of alkyl halides is 2. The predicted octanol–water partition coefficient (Wildman–Crippen LogP) is 0.809. The third kappa shape index (κ3) is 2.89. The number of likely N-dealkylation sites (N-methyl/N-ethyl adjacent to an activating group) is 1. The van der Waals surface area contributed by atoms with Crippen molar-refractivity contribution in [2.24, 2.45) is 5.92 Å². The van der Waals surface area contributed by atoms with Crippen LogP contribution in [0.5, 0.6) is 0 Å². The van der Waals surface area contributed by atoms with Gasteiger partial charge >= 0.3 is 5.97 Å². The Balaban J connectivity index is 2.58. The maximum Gasteiger partial charge on any atom is 0.328 e. The van der Waals surface area contributed by atoms with Crippen molar-refractivity contribution in [2.45, 2.75) is 24.8 Å². The van der Waals surface area contributed by atoms with Gasteiger partial charge in [0.15, 0.2) is 0 Å². The summed E-state index contributed by atoms with van der Waals surface area (Å²) in [7, 11) is 2.89. The van der Waals surface area contributed by atoms with Crippen LogP contribution < -0.4 is 5.32 Å². The van der Waals surface area contributed by atoms with Crippen LogP contribution in [0.1, 0.15) is 12.8 Å². The van der Waals surface area contributed by atoms with Crippen molar-refractivity contribution in [2.75, 3.05) is 27.4 Å². The number of methoxy groups -OCH3 is 1. The summed E-state index contributed by atoms with van der Waals surface area (Å²) in [6, 6.07) is 0. The van der Waals surface area contributed by atoms with Crippen LogP contribution in [-0.2, 0) is 14.3 Å². The zero-order valence-electron chi connectivity index (χ0n) is 9.46. The first-order valence-corrected chi connectivity index (χ1v) is 5.20. The molecule has 0 amide bonds. The maximum absolute atomic E-state index is 12.0. The summed E-state index contributed by atoms with van der Waals surface area (Å²) < 4.78 is 33.5. The average molecular weight is 237 g/mol. The highest BCUT2D eigenvalue weighted by molar-refractivity contribution is 5.82. The molecule has 1 saturated carbocycles. The first-order chi connectivity index (χ1) is 7.56. The van der Waals surface area contributed by atoms with E-state index >= 15 is 0 Å². The molecule has 16 heavy (non-hydrogen) atoms. The van der Waals surface area contributed by atoms with Gasteiger partial charge in [-0.2, -0.15) is 0 Å². The summed E-state index contributed by atoms with van der Waals surface area (Å²) >= 11 is 0. The molecule has 1 atom stereocenters. The van der Waals surface area contributed by atoms with Crippen molar-refractivity contribution in [3.8, 4) is 0 Å². The molecule has 4 nitrogen and oxygen atoms in total. The molecule has 1 unspecified atom stereocenters. The van der Waals surface area contributed by atoms with E-state index in [2.05, 4.69) is 5.32 Å². The smallest absolute Gasteiger partial charge is 0.328 e. The van der Waals surface area contributed by atoms with Gasteiger partial charge in [0.25, 0.3) is 6.43 Å². The molecule has 0 saturated heterocycles. The number of esters is 1. The zero-order chi connectivity index (χ0) is 12.2. The zero-order valence-corrected chi connectivity index (χ0v) is 9.46. The van der Waals surface area contributed by atoms with Crippen LogP contribution in [0.4, 0.5) is 8.78 Å². The Kier molecular flexibility index (Phi) is 4.61. The number of nitrogens with one attached hydrogen (secondary N) is 1. The number of carbonyl (C=O) groups is 1. The van der Waals surface area contributed by atoms with E-state index in [0.29, 0.717) is 0 Å². The van der Waals surface area contributed by atoms with Gasteiger partial charge < -0.3 is 14.8 Å². The predicted molar refractivity (Wildman–Crippen MR) is 53.4 cm³/mol. The Bertz CT molecular complexity index is 246. The van der Waals surface area contributed by atoms with Crippen molar-refractivity contribution >= 4 is 5.97 Å². The summed E-state index contributed by atoms with van der Waals surface area (Å²) in [5.41, 5.74) is -0.969. The van der Waals surface area contributed by atoms with E-state index in [1.807, 2.05) is 0 Å². The number of carbonyl (C=O) groups excluding carboxylic acids is 1. The minimum absolute atomic E-state index is 0.0782. The van der Waals surface area contributed by atoms with Crippen molar-refractivity contribution in [1.29, 1.82) is 0 Å². The Morgan fingerprint density at radius 2 is 2.19 bits per heavy atom. The Labute approximate surface area is 93.3 Å². The minimum atomic E-state index is -2.52. The molecule has 6 heteroatoms. The lowest BCUT2D eigenvalue weighted by Gasteiger charge is -2.30. The number of hydrogen-bond donors (Lipinski definition) is 1. The molecule has 0 bridgehead atoms. The summed E-state index contributed by atoms with van der Waals surface area (Å²) in [6.45, 7) is -0.738. The molecule has 1 N–H and O–H groups in total. The van der Waals surface area contributed by atoms with Crippen molar-refractivity contribution in [1.82, 2.24) is 5.32 Å². The number of ether oxygens (including phenoxy) is 2. The van der Waals surface area contributed by atoms with Gasteiger partial charge in [-0.3, -0.25) is 0 Å². The SMILES string of the molecule is CNC(COCC(F)F)(C(=O)OC)C1CC1. The molecule has 1 fully saturated rings. The van der Waals surface area contributed by atoms with Crippen LogP contribution >= 0.6 is 0 Å². The second kappa shape index (κ2) is 5.54. The summed E-state index contributed by atoms with van der Waals surface area (Å²) in [6.07, 6.45) is -0.756. The van der Waals surface area contributed by atoms with Crippen LogP contribution in [0, 0.1) is 5.92 Å². The van der Waals surface area contributed by atoms with Crippen LogP contribution in [-0.4, -0.2) is 45.3 Å². The topological polar surface area (TPSA) is 47.6 Å². The van der Waals surface area contributed by atoms with E-state index in [9.17, 15) is 13.6 Å². The van der Waals surface area contributed by atoms with Gasteiger partial charge in [0.05, 0.1) is 13.7 Å². The van der Waals surface area contributed by atoms with Gasteiger partial charge in [0.1, 0.15) is 12.1 Å². The van der Waals surface area contributed by atoms with Crippen LogP contribution in [0.15, 0.2) is 0 Å². The van der Waals surface area contributed by atoms with E-state index in [4.69, 9.17) is 9.47 Å². The number of halogens is 2. The Morgan fingerprint density at radius 1 is 1.56 bits per heavy atom. The highest BCUT2D eigenvalue weighted by atomic mass is 19.3. The quantitative estimate of drug-likeness (QED) is 0.666. The van der Waals surface area contributed by atoms with Crippen molar-refractivity contribution in [3.05, 3.63) is 0 Å². The Morgan fingerprint density at radius 3 is 2.56 bits per heavy atom. The second-order valence-electron chi connectivity index (χ2n) is 3.89. The van der Waals surface area contributed by atoms with Gasteiger partial charge in [0.2, 0.25) is 0 Å². The molecule has 0 aromatic carbocycles. The van der Waals surface area contributed by atoms with E-state index in [0.717, 1.165) is 12.8 Å². The number of rotatable bonds is 7. The van der Waals surface area contributed by atoms with Crippen LogP contribution in [0.2, 0.25) is 0 Å². The summed E-state index contributed by atoms with van der Waals surface area (Å²) in [5.74, 6) is -0.339. The summed E-state index contributed by atoms with van der Waals surface area (Å²) in [5, 5.41) is 2.86.